The first kappa shape index (κ1) is 37.1. The van der Waals surface area contributed by atoms with Crippen molar-refractivity contribution in [2.75, 3.05) is 33.3 Å². The number of aliphatic hydroxyl groups excluding tert-OH is 1. The second-order valence-electron chi connectivity index (χ2n) is 11.3. The third kappa shape index (κ3) is 26.8. The fraction of sp³-hybridized carbons (Fsp3) is 1.00. The predicted molar refractivity (Wildman–Crippen MR) is 161 cm³/mol. The van der Waals surface area contributed by atoms with Crippen molar-refractivity contribution in [3.8, 4) is 0 Å². The predicted octanol–water partition coefficient (Wildman–Crippen LogP) is 10.9. The molecule has 0 atom stereocenters. The maximum Gasteiger partial charge on any atom is 0.0786 e. The van der Waals surface area contributed by atoms with Gasteiger partial charge in [-0.25, -0.2) is 0 Å². The van der Waals surface area contributed by atoms with E-state index in [-0.39, 0.29) is 0 Å². The zero-order chi connectivity index (χ0) is 26.3. The Bertz CT molecular complexity index is 287. The van der Waals surface area contributed by atoms with Gasteiger partial charge in [-0.05, 0) is 51.4 Å². The average molecular weight is 499 g/mol. The number of rotatable bonds is 28. The third-order valence-corrected chi connectivity index (χ3v) is 7.94. The molecular weight excluding hydrogens is 426 g/mol. The van der Waals surface area contributed by atoms with Crippen molar-refractivity contribution >= 4 is 0 Å². The number of unbranched alkanes of at least 4 members (excludes halogenated alkanes) is 20. The molecule has 35 heavy (non-hydrogen) atoms. The summed E-state index contributed by atoms with van der Waals surface area (Å²) in [4.78, 5) is 0. The van der Waals surface area contributed by atoms with E-state index in [1.807, 2.05) is 0 Å². The van der Waals surface area contributed by atoms with E-state index in [0.717, 1.165) is 7.11 Å². The Morgan fingerprint density at radius 1 is 0.286 bits per heavy atom. The van der Waals surface area contributed by atoms with Crippen LogP contribution in [0.4, 0.5) is 0 Å². The summed E-state index contributed by atoms with van der Waals surface area (Å²) in [5.41, 5.74) is 0. The minimum absolute atomic E-state index is 1.00. The minimum atomic E-state index is 1.00. The number of aliphatic hydroxyl groups is 1. The van der Waals surface area contributed by atoms with E-state index in [9.17, 15) is 0 Å². The van der Waals surface area contributed by atoms with Crippen LogP contribution in [0.15, 0.2) is 0 Å². The molecule has 0 spiro atoms. The highest BCUT2D eigenvalue weighted by atomic mass is 16.2. The molecule has 2 heteroatoms. The lowest BCUT2D eigenvalue weighted by Crippen LogP contribution is -2.50. The Morgan fingerprint density at radius 3 is 0.657 bits per heavy atom. The molecule has 0 unspecified atom stereocenters. The minimum Gasteiger partial charge on any atom is -0.400 e. The maximum atomic E-state index is 7.00. The van der Waals surface area contributed by atoms with Gasteiger partial charge in [0.15, 0.2) is 0 Å². The first-order valence-electron chi connectivity index (χ1n) is 16.5. The lowest BCUT2D eigenvalue weighted by molar-refractivity contribution is -0.929. The number of nitrogens with zero attached hydrogens (tertiary/aromatic N) is 1. The highest BCUT2D eigenvalue weighted by molar-refractivity contribution is 4.55. The highest BCUT2D eigenvalue weighted by Crippen LogP contribution is 2.20. The van der Waals surface area contributed by atoms with Crippen LogP contribution in [0.2, 0.25) is 0 Å². The van der Waals surface area contributed by atoms with E-state index in [0.29, 0.717) is 0 Å². The monoisotopic (exact) mass is 499 g/mol. The van der Waals surface area contributed by atoms with E-state index in [1.54, 1.807) is 0 Å². The van der Waals surface area contributed by atoms with Crippen LogP contribution in [0.5, 0.6) is 0 Å². The van der Waals surface area contributed by atoms with Crippen LogP contribution < -0.4 is 0 Å². The zero-order valence-electron chi connectivity index (χ0n) is 25.7. The molecular formula is C33H72NO+. The summed E-state index contributed by atoms with van der Waals surface area (Å²) >= 11 is 0. The van der Waals surface area contributed by atoms with Crippen LogP contribution in [0, 0.1) is 0 Å². The van der Waals surface area contributed by atoms with Gasteiger partial charge in [-0.1, -0.05) is 130 Å². The summed E-state index contributed by atoms with van der Waals surface area (Å²) in [7, 11) is 1.00. The van der Waals surface area contributed by atoms with E-state index >= 15 is 0 Å². The molecule has 0 aliphatic heterocycles. The second-order valence-corrected chi connectivity index (χ2v) is 11.3. The summed E-state index contributed by atoms with van der Waals surface area (Å²) in [6.07, 6.45) is 34.8. The van der Waals surface area contributed by atoms with Crippen LogP contribution in [0.25, 0.3) is 0 Å². The van der Waals surface area contributed by atoms with Crippen molar-refractivity contribution < 1.29 is 9.59 Å². The Kier molecular flexibility index (Phi) is 33.8. The molecule has 0 bridgehead atoms. The smallest absolute Gasteiger partial charge is 0.0786 e. The molecule has 0 aromatic heterocycles. The first-order chi connectivity index (χ1) is 17.2. The SMILES string of the molecule is CCCCCCCC[N+](CCCCCCCC)(CCCCCCCC)CCCCCCCC.CO. The molecule has 0 fully saturated rings. The molecule has 2 nitrogen and oxygen atoms in total. The molecule has 0 aromatic rings. The van der Waals surface area contributed by atoms with Gasteiger partial charge in [-0.3, -0.25) is 0 Å². The molecule has 214 valence electrons. The van der Waals surface area contributed by atoms with Crippen LogP contribution >= 0.6 is 0 Å². The van der Waals surface area contributed by atoms with E-state index < -0.39 is 0 Å². The quantitative estimate of drug-likeness (QED) is 0.0839. The third-order valence-electron chi connectivity index (χ3n) is 7.94. The molecule has 0 heterocycles. The van der Waals surface area contributed by atoms with Crippen molar-refractivity contribution in [2.24, 2.45) is 0 Å². The van der Waals surface area contributed by atoms with E-state index in [4.69, 9.17) is 5.11 Å². The molecule has 0 amide bonds. The first-order valence-corrected chi connectivity index (χ1v) is 16.5. The van der Waals surface area contributed by atoms with Gasteiger partial charge in [-0.2, -0.15) is 0 Å². The highest BCUT2D eigenvalue weighted by Gasteiger charge is 2.25. The van der Waals surface area contributed by atoms with Gasteiger partial charge in [0.05, 0.1) is 26.2 Å². The van der Waals surface area contributed by atoms with Crippen molar-refractivity contribution in [3.05, 3.63) is 0 Å². The molecule has 1 N–H and O–H groups in total. The average Bonchev–Trinajstić information content (AvgIpc) is 2.88. The van der Waals surface area contributed by atoms with Crippen molar-refractivity contribution in [1.82, 2.24) is 0 Å². The van der Waals surface area contributed by atoms with E-state index in [2.05, 4.69) is 27.7 Å². The molecule has 0 aliphatic rings. The van der Waals surface area contributed by atoms with Gasteiger partial charge in [0.1, 0.15) is 0 Å². The fourth-order valence-corrected chi connectivity index (χ4v) is 5.58. The van der Waals surface area contributed by atoms with Crippen LogP contribution in [-0.4, -0.2) is 42.9 Å². The number of quaternary nitrogens is 1. The molecule has 0 aliphatic carbocycles. The summed E-state index contributed by atoms with van der Waals surface area (Å²) in [5.74, 6) is 0. The molecule has 0 saturated carbocycles. The summed E-state index contributed by atoms with van der Waals surface area (Å²) in [6.45, 7) is 15.3. The van der Waals surface area contributed by atoms with Crippen molar-refractivity contribution in [2.45, 2.75) is 182 Å². The molecule has 0 radical (unpaired) electrons. The van der Waals surface area contributed by atoms with Gasteiger partial charge in [0, 0.05) is 7.11 Å². The van der Waals surface area contributed by atoms with Crippen LogP contribution in [0.1, 0.15) is 182 Å². The zero-order valence-corrected chi connectivity index (χ0v) is 25.7. The van der Waals surface area contributed by atoms with Gasteiger partial charge in [0.25, 0.3) is 0 Å². The van der Waals surface area contributed by atoms with Crippen LogP contribution in [-0.2, 0) is 0 Å². The summed E-state index contributed by atoms with van der Waals surface area (Å²) in [5, 5.41) is 7.00. The molecule has 0 rings (SSSR count). The number of hydrogen-bond acceptors (Lipinski definition) is 1. The van der Waals surface area contributed by atoms with Gasteiger partial charge >= 0.3 is 0 Å². The Morgan fingerprint density at radius 2 is 0.457 bits per heavy atom. The fourth-order valence-electron chi connectivity index (χ4n) is 5.58. The van der Waals surface area contributed by atoms with Gasteiger partial charge in [-0.15, -0.1) is 0 Å². The summed E-state index contributed by atoms with van der Waals surface area (Å²) in [6, 6.07) is 0. The van der Waals surface area contributed by atoms with E-state index in [1.165, 1.54) is 185 Å². The van der Waals surface area contributed by atoms with Crippen LogP contribution in [0.3, 0.4) is 0 Å². The topological polar surface area (TPSA) is 20.2 Å². The largest absolute Gasteiger partial charge is 0.400 e. The molecule has 0 aromatic carbocycles. The number of hydrogen-bond donors (Lipinski definition) is 1. The summed E-state index contributed by atoms with van der Waals surface area (Å²) < 4.78 is 1.48. The lowest BCUT2D eigenvalue weighted by atomic mass is 10.0. The Hall–Kier alpha value is -0.0800. The van der Waals surface area contributed by atoms with Gasteiger partial charge < -0.3 is 9.59 Å². The van der Waals surface area contributed by atoms with Crippen molar-refractivity contribution in [1.29, 1.82) is 0 Å². The lowest BCUT2D eigenvalue weighted by Gasteiger charge is -2.40. The molecule has 0 saturated heterocycles. The van der Waals surface area contributed by atoms with Gasteiger partial charge in [0.2, 0.25) is 0 Å². The standard InChI is InChI=1S/C32H68N.CH4O/c1-5-9-13-17-21-25-29-33(30-26-22-18-14-10-6-2,31-27-23-19-15-11-7-3)32-28-24-20-16-12-8-4;1-2/h5-32H2,1-4H3;2H,1H3/q+1;. The maximum absolute atomic E-state index is 7.00. The normalized spacial score (nSPS) is 11.5. The second kappa shape index (κ2) is 31.9. The van der Waals surface area contributed by atoms with Crippen molar-refractivity contribution in [3.63, 3.8) is 0 Å². The Balaban J connectivity index is 0. The Labute approximate surface area is 224 Å².